The molecule has 0 radical (unpaired) electrons. The smallest absolute Gasteiger partial charge is 0.0685 e. The third-order valence-electron chi connectivity index (χ3n) is 2.29. The fourth-order valence-corrected chi connectivity index (χ4v) is 1.54. The lowest BCUT2D eigenvalue weighted by Gasteiger charge is -2.18. The summed E-state index contributed by atoms with van der Waals surface area (Å²) in [7, 11) is 0. The Bertz CT molecular complexity index is 264. The van der Waals surface area contributed by atoms with Gasteiger partial charge in [-0.1, -0.05) is 0 Å². The molecule has 0 bridgehead atoms. The van der Waals surface area contributed by atoms with E-state index in [4.69, 9.17) is 0 Å². The minimum absolute atomic E-state index is 0.574. The normalized spacial score (nSPS) is 23.3. The van der Waals surface area contributed by atoms with Gasteiger partial charge in [-0.15, -0.1) is 0 Å². The van der Waals surface area contributed by atoms with E-state index in [1.165, 1.54) is 17.0 Å². The molecule has 0 saturated carbocycles. The maximum Gasteiger partial charge on any atom is 0.0685 e. The number of aromatic nitrogens is 2. The summed E-state index contributed by atoms with van der Waals surface area (Å²) < 4.78 is 0. The molecule has 2 N–H and O–H groups in total. The van der Waals surface area contributed by atoms with Crippen molar-refractivity contribution in [1.29, 1.82) is 0 Å². The molecule has 0 aliphatic carbocycles. The largest absolute Gasteiger partial charge is 0.310 e. The summed E-state index contributed by atoms with van der Waals surface area (Å²) in [4.78, 5) is 0. The van der Waals surface area contributed by atoms with Crippen molar-refractivity contribution in [1.82, 2.24) is 15.5 Å². The van der Waals surface area contributed by atoms with Crippen LogP contribution in [-0.2, 0) is 13.0 Å². The Morgan fingerprint density at radius 3 is 3.18 bits per heavy atom. The zero-order valence-electron chi connectivity index (χ0n) is 6.94. The number of hydrogen-bond acceptors (Lipinski definition) is 2. The first-order chi connectivity index (χ1) is 5.27. The van der Waals surface area contributed by atoms with Gasteiger partial charge >= 0.3 is 0 Å². The molecule has 11 heavy (non-hydrogen) atoms. The maximum atomic E-state index is 4.24. The Kier molecular flexibility index (Phi) is 1.46. The number of H-pyrrole nitrogens is 1. The van der Waals surface area contributed by atoms with Crippen LogP contribution in [0.1, 0.15) is 23.9 Å². The second-order valence-corrected chi connectivity index (χ2v) is 3.26. The van der Waals surface area contributed by atoms with Crippen LogP contribution in [0.25, 0.3) is 0 Å². The van der Waals surface area contributed by atoms with Crippen LogP contribution in [0, 0.1) is 6.92 Å². The van der Waals surface area contributed by atoms with Crippen LogP contribution in [0.2, 0.25) is 0 Å². The first-order valence-electron chi connectivity index (χ1n) is 4.03. The monoisotopic (exact) mass is 151 g/mol. The van der Waals surface area contributed by atoms with Crippen molar-refractivity contribution in [2.45, 2.75) is 32.9 Å². The quantitative estimate of drug-likeness (QED) is 0.574. The zero-order chi connectivity index (χ0) is 7.84. The standard InChI is InChI=1S/C8H13N3/c1-5-3-8-7(4-9-5)6(2)10-11-8/h5,9H,3-4H2,1-2H3,(H,10,11). The molecule has 60 valence electrons. The molecule has 1 aliphatic rings. The first-order valence-corrected chi connectivity index (χ1v) is 4.03. The molecule has 2 heterocycles. The van der Waals surface area contributed by atoms with Crippen LogP contribution in [0.5, 0.6) is 0 Å². The van der Waals surface area contributed by atoms with Gasteiger partial charge in [-0.2, -0.15) is 5.10 Å². The predicted molar refractivity (Wildman–Crippen MR) is 43.3 cm³/mol. The number of aryl methyl sites for hydroxylation is 1. The fraction of sp³-hybridized carbons (Fsp3) is 0.625. The van der Waals surface area contributed by atoms with Crippen molar-refractivity contribution < 1.29 is 0 Å². The number of aromatic amines is 1. The third-order valence-corrected chi connectivity index (χ3v) is 2.29. The van der Waals surface area contributed by atoms with E-state index >= 15 is 0 Å². The molecule has 0 fully saturated rings. The highest BCUT2D eigenvalue weighted by Gasteiger charge is 2.18. The van der Waals surface area contributed by atoms with Crippen LogP contribution in [0.15, 0.2) is 0 Å². The van der Waals surface area contributed by atoms with E-state index in [0.29, 0.717) is 6.04 Å². The summed E-state index contributed by atoms with van der Waals surface area (Å²) in [5.41, 5.74) is 3.82. The van der Waals surface area contributed by atoms with E-state index in [-0.39, 0.29) is 0 Å². The van der Waals surface area contributed by atoms with Crippen molar-refractivity contribution in [3.05, 3.63) is 17.0 Å². The summed E-state index contributed by atoms with van der Waals surface area (Å²) in [5, 5.41) is 10.7. The van der Waals surface area contributed by atoms with Crippen molar-refractivity contribution in [2.24, 2.45) is 0 Å². The van der Waals surface area contributed by atoms with Crippen LogP contribution >= 0.6 is 0 Å². The van der Waals surface area contributed by atoms with E-state index < -0.39 is 0 Å². The molecular weight excluding hydrogens is 138 g/mol. The number of fused-ring (bicyclic) bond motifs is 1. The highest BCUT2D eigenvalue weighted by atomic mass is 15.1. The minimum atomic E-state index is 0.574. The molecule has 1 unspecified atom stereocenters. The van der Waals surface area contributed by atoms with E-state index in [2.05, 4.69) is 29.4 Å². The van der Waals surface area contributed by atoms with Gasteiger partial charge in [-0.3, -0.25) is 5.10 Å². The summed E-state index contributed by atoms with van der Waals surface area (Å²) in [6, 6.07) is 0.574. The van der Waals surface area contributed by atoms with Crippen LogP contribution in [0.4, 0.5) is 0 Å². The Morgan fingerprint density at radius 1 is 1.55 bits per heavy atom. The van der Waals surface area contributed by atoms with Gasteiger partial charge in [0, 0.05) is 30.3 Å². The lowest BCUT2D eigenvalue weighted by molar-refractivity contribution is 0.508. The molecule has 3 heteroatoms. The van der Waals surface area contributed by atoms with Gasteiger partial charge < -0.3 is 5.32 Å². The summed E-state index contributed by atoms with van der Waals surface area (Å²) in [6.07, 6.45) is 1.06. The van der Waals surface area contributed by atoms with E-state index in [9.17, 15) is 0 Å². The zero-order valence-corrected chi connectivity index (χ0v) is 6.94. The summed E-state index contributed by atoms with van der Waals surface area (Å²) >= 11 is 0. The Balaban J connectivity index is 2.36. The molecule has 0 spiro atoms. The molecule has 0 aromatic carbocycles. The van der Waals surface area contributed by atoms with E-state index in [1.54, 1.807) is 0 Å². The fourth-order valence-electron chi connectivity index (χ4n) is 1.54. The topological polar surface area (TPSA) is 40.7 Å². The minimum Gasteiger partial charge on any atom is -0.310 e. The molecule has 2 rings (SSSR count). The van der Waals surface area contributed by atoms with Crippen LogP contribution in [-0.4, -0.2) is 16.2 Å². The average Bonchev–Trinajstić information content (AvgIpc) is 2.32. The van der Waals surface area contributed by atoms with Gasteiger partial charge in [0.1, 0.15) is 0 Å². The number of nitrogens with zero attached hydrogens (tertiary/aromatic N) is 1. The van der Waals surface area contributed by atoms with Crippen molar-refractivity contribution >= 4 is 0 Å². The van der Waals surface area contributed by atoms with E-state index in [0.717, 1.165) is 13.0 Å². The third kappa shape index (κ3) is 1.05. The highest BCUT2D eigenvalue weighted by Crippen LogP contribution is 2.16. The van der Waals surface area contributed by atoms with E-state index in [1.807, 2.05) is 0 Å². The van der Waals surface area contributed by atoms with Gasteiger partial charge in [0.15, 0.2) is 0 Å². The number of nitrogens with one attached hydrogen (secondary N) is 2. The van der Waals surface area contributed by atoms with Crippen LogP contribution < -0.4 is 5.32 Å². The summed E-state index contributed by atoms with van der Waals surface area (Å²) in [5.74, 6) is 0. The summed E-state index contributed by atoms with van der Waals surface area (Å²) in [6.45, 7) is 5.23. The highest BCUT2D eigenvalue weighted by molar-refractivity contribution is 5.26. The first kappa shape index (κ1) is 6.85. The van der Waals surface area contributed by atoms with Gasteiger partial charge in [0.25, 0.3) is 0 Å². The van der Waals surface area contributed by atoms with Crippen molar-refractivity contribution in [2.75, 3.05) is 0 Å². The molecule has 0 saturated heterocycles. The predicted octanol–water partition coefficient (Wildman–Crippen LogP) is 0.752. The van der Waals surface area contributed by atoms with Gasteiger partial charge in [-0.05, 0) is 13.8 Å². The average molecular weight is 151 g/mol. The van der Waals surface area contributed by atoms with Crippen molar-refractivity contribution in [3.63, 3.8) is 0 Å². The molecule has 1 aromatic rings. The lowest BCUT2D eigenvalue weighted by atomic mass is 10.0. The molecule has 1 aliphatic heterocycles. The SMILES string of the molecule is Cc1[nH]nc2c1CNC(C)C2. The molecule has 3 nitrogen and oxygen atoms in total. The maximum absolute atomic E-state index is 4.24. The molecular formula is C8H13N3. The van der Waals surface area contributed by atoms with Gasteiger partial charge in [0.05, 0.1) is 5.69 Å². The lowest BCUT2D eigenvalue weighted by Crippen LogP contribution is -2.32. The molecule has 1 atom stereocenters. The molecule has 0 amide bonds. The van der Waals surface area contributed by atoms with Gasteiger partial charge in [-0.25, -0.2) is 0 Å². The molecule has 1 aromatic heterocycles. The second-order valence-electron chi connectivity index (χ2n) is 3.26. The van der Waals surface area contributed by atoms with Crippen LogP contribution in [0.3, 0.4) is 0 Å². The Hall–Kier alpha value is -0.830. The Morgan fingerprint density at radius 2 is 2.36 bits per heavy atom. The van der Waals surface area contributed by atoms with Gasteiger partial charge in [0.2, 0.25) is 0 Å². The Labute approximate surface area is 66.2 Å². The van der Waals surface area contributed by atoms with Crippen molar-refractivity contribution in [3.8, 4) is 0 Å². The number of hydrogen-bond donors (Lipinski definition) is 2. The second kappa shape index (κ2) is 2.34. The number of rotatable bonds is 0.